The number of guanidine groups is 1. The number of anilines is 1. The number of aliphatic imine (C=N–C) groups is 1. The lowest BCUT2D eigenvalue weighted by atomic mass is 10.3. The molecule has 1 aromatic heterocycles. The van der Waals surface area contributed by atoms with E-state index in [1.807, 2.05) is 18.9 Å². The number of aromatic nitrogens is 2. The number of benzene rings is 1. The van der Waals surface area contributed by atoms with Crippen molar-refractivity contribution in [1.82, 2.24) is 20.0 Å². The van der Waals surface area contributed by atoms with Gasteiger partial charge < -0.3 is 15.1 Å². The molecule has 11 heteroatoms. The van der Waals surface area contributed by atoms with Crippen LogP contribution in [0.5, 0.6) is 0 Å². The lowest BCUT2D eigenvalue weighted by Gasteiger charge is -2.35. The SMILES string of the molecule is CCNC(=NCCS(=O)(=O)c1ccccc1)N1CCN(c2cnn(C)c2)C(=O)C1.I. The zero-order valence-corrected chi connectivity index (χ0v) is 20.2. The summed E-state index contributed by atoms with van der Waals surface area (Å²) in [4.78, 5) is 20.9. The van der Waals surface area contributed by atoms with Crippen LogP contribution in [0.15, 0.2) is 52.6 Å². The summed E-state index contributed by atoms with van der Waals surface area (Å²) in [5.74, 6) is 0.414. The first-order chi connectivity index (χ1) is 13.9. The number of aryl methyl sites for hydroxylation is 1. The van der Waals surface area contributed by atoms with Crippen LogP contribution < -0.4 is 10.2 Å². The lowest BCUT2D eigenvalue weighted by Crippen LogP contribution is -2.55. The van der Waals surface area contributed by atoms with E-state index in [1.54, 1.807) is 52.3 Å². The van der Waals surface area contributed by atoms with E-state index in [-0.39, 0.29) is 48.7 Å². The number of carbonyl (C=O) groups is 1. The number of piperazine rings is 1. The number of carbonyl (C=O) groups excluding carboxylic acids is 1. The molecular formula is C19H27IN6O3S. The predicted molar refractivity (Wildman–Crippen MR) is 127 cm³/mol. The molecule has 0 bridgehead atoms. The molecule has 0 spiro atoms. The number of sulfone groups is 1. The first-order valence-electron chi connectivity index (χ1n) is 9.51. The summed E-state index contributed by atoms with van der Waals surface area (Å²) < 4.78 is 26.5. The molecule has 0 saturated carbocycles. The van der Waals surface area contributed by atoms with Crippen LogP contribution in [0.3, 0.4) is 0 Å². The molecule has 0 unspecified atom stereocenters. The highest BCUT2D eigenvalue weighted by Gasteiger charge is 2.27. The maximum atomic E-state index is 12.6. The second-order valence-electron chi connectivity index (χ2n) is 6.71. The zero-order valence-electron chi connectivity index (χ0n) is 17.1. The number of nitrogens with one attached hydrogen (secondary N) is 1. The Labute approximate surface area is 194 Å². The van der Waals surface area contributed by atoms with E-state index in [9.17, 15) is 13.2 Å². The second kappa shape index (κ2) is 10.8. The van der Waals surface area contributed by atoms with E-state index in [0.717, 1.165) is 5.69 Å². The highest BCUT2D eigenvalue weighted by molar-refractivity contribution is 14.0. The van der Waals surface area contributed by atoms with Gasteiger partial charge in [0.05, 0.1) is 29.1 Å². The largest absolute Gasteiger partial charge is 0.357 e. The summed E-state index contributed by atoms with van der Waals surface area (Å²) in [6.07, 6.45) is 3.47. The van der Waals surface area contributed by atoms with Gasteiger partial charge in [-0.05, 0) is 19.1 Å². The van der Waals surface area contributed by atoms with Gasteiger partial charge in [-0.1, -0.05) is 18.2 Å². The number of hydrogen-bond donors (Lipinski definition) is 1. The molecule has 1 saturated heterocycles. The molecule has 1 N–H and O–H groups in total. The van der Waals surface area contributed by atoms with Crippen molar-refractivity contribution >= 4 is 51.4 Å². The van der Waals surface area contributed by atoms with Gasteiger partial charge in [-0.25, -0.2) is 8.42 Å². The van der Waals surface area contributed by atoms with Crippen molar-refractivity contribution in [2.45, 2.75) is 11.8 Å². The summed E-state index contributed by atoms with van der Waals surface area (Å²) in [7, 11) is -1.58. The van der Waals surface area contributed by atoms with Crippen molar-refractivity contribution in [2.24, 2.45) is 12.0 Å². The summed E-state index contributed by atoms with van der Waals surface area (Å²) in [5, 5.41) is 7.27. The first-order valence-corrected chi connectivity index (χ1v) is 11.2. The molecule has 30 heavy (non-hydrogen) atoms. The molecule has 0 atom stereocenters. The van der Waals surface area contributed by atoms with Crippen molar-refractivity contribution in [3.8, 4) is 0 Å². The Balaban J connectivity index is 0.00000320. The fourth-order valence-corrected chi connectivity index (χ4v) is 4.26. The second-order valence-corrected chi connectivity index (χ2v) is 8.82. The highest BCUT2D eigenvalue weighted by atomic mass is 127. The topological polar surface area (TPSA) is 99.9 Å². The van der Waals surface area contributed by atoms with Crippen LogP contribution >= 0.6 is 24.0 Å². The molecule has 3 rings (SSSR count). The van der Waals surface area contributed by atoms with Crippen LogP contribution in [-0.4, -0.2) is 73.4 Å². The van der Waals surface area contributed by atoms with Gasteiger partial charge in [-0.2, -0.15) is 5.10 Å². The molecule has 2 heterocycles. The Hall–Kier alpha value is -2.15. The monoisotopic (exact) mass is 546 g/mol. The van der Waals surface area contributed by atoms with E-state index >= 15 is 0 Å². The van der Waals surface area contributed by atoms with Crippen LogP contribution in [-0.2, 0) is 21.7 Å². The van der Waals surface area contributed by atoms with Gasteiger partial charge >= 0.3 is 0 Å². The van der Waals surface area contributed by atoms with E-state index in [0.29, 0.717) is 30.5 Å². The third-order valence-electron chi connectivity index (χ3n) is 4.58. The molecule has 9 nitrogen and oxygen atoms in total. The molecular weight excluding hydrogens is 519 g/mol. The van der Waals surface area contributed by atoms with Gasteiger partial charge in [0.15, 0.2) is 15.8 Å². The zero-order chi connectivity index (χ0) is 20.9. The molecule has 2 aromatic rings. The van der Waals surface area contributed by atoms with Crippen LogP contribution in [0, 0.1) is 0 Å². The third-order valence-corrected chi connectivity index (χ3v) is 6.29. The van der Waals surface area contributed by atoms with Gasteiger partial charge in [-0.15, -0.1) is 24.0 Å². The normalized spacial score (nSPS) is 15.1. The molecule has 1 aromatic carbocycles. The first kappa shape index (κ1) is 24.1. The van der Waals surface area contributed by atoms with Gasteiger partial charge in [-0.3, -0.25) is 14.5 Å². The number of halogens is 1. The minimum Gasteiger partial charge on any atom is -0.357 e. The van der Waals surface area contributed by atoms with Gasteiger partial charge in [0.25, 0.3) is 0 Å². The average Bonchev–Trinajstić information content (AvgIpc) is 3.14. The van der Waals surface area contributed by atoms with E-state index in [2.05, 4.69) is 15.4 Å². The Morgan fingerprint density at radius 3 is 2.57 bits per heavy atom. The molecule has 1 aliphatic heterocycles. The van der Waals surface area contributed by atoms with Crippen molar-refractivity contribution in [1.29, 1.82) is 0 Å². The molecule has 164 valence electrons. The maximum absolute atomic E-state index is 12.6. The Bertz CT molecular complexity index is 977. The Kier molecular flexibility index (Phi) is 8.65. The molecule has 1 aliphatic rings. The average molecular weight is 546 g/mol. The standard InChI is InChI=1S/C19H26N6O3S.HI/c1-3-20-19(21-9-12-29(27,28)17-7-5-4-6-8-17)24-10-11-25(18(26)15-24)16-13-22-23(2)14-16;/h4-8,13-14H,3,9-12,15H2,1-2H3,(H,20,21);1H. The van der Waals surface area contributed by atoms with Gasteiger partial charge in [0, 0.05) is 32.9 Å². The number of rotatable bonds is 6. The summed E-state index contributed by atoms with van der Waals surface area (Å²) in [5.41, 5.74) is 0.771. The van der Waals surface area contributed by atoms with Crippen LogP contribution in [0.4, 0.5) is 5.69 Å². The fourth-order valence-electron chi connectivity index (χ4n) is 3.12. The third kappa shape index (κ3) is 5.94. The summed E-state index contributed by atoms with van der Waals surface area (Å²) >= 11 is 0. The van der Waals surface area contributed by atoms with E-state index in [1.165, 1.54) is 0 Å². The Morgan fingerprint density at radius 2 is 1.97 bits per heavy atom. The summed E-state index contributed by atoms with van der Waals surface area (Å²) in [6.45, 7) is 3.96. The minimum absolute atomic E-state index is 0. The van der Waals surface area contributed by atoms with Crippen molar-refractivity contribution in [3.05, 3.63) is 42.7 Å². The van der Waals surface area contributed by atoms with Gasteiger partial charge in [0.2, 0.25) is 5.91 Å². The van der Waals surface area contributed by atoms with Crippen LogP contribution in [0.25, 0.3) is 0 Å². The van der Waals surface area contributed by atoms with Crippen molar-refractivity contribution in [3.63, 3.8) is 0 Å². The maximum Gasteiger partial charge on any atom is 0.246 e. The fraction of sp³-hybridized carbons (Fsp3) is 0.421. The smallest absolute Gasteiger partial charge is 0.246 e. The summed E-state index contributed by atoms with van der Waals surface area (Å²) in [6, 6.07) is 8.35. The van der Waals surface area contributed by atoms with Gasteiger partial charge in [0.1, 0.15) is 6.54 Å². The van der Waals surface area contributed by atoms with E-state index < -0.39 is 9.84 Å². The number of hydrogen-bond acceptors (Lipinski definition) is 5. The van der Waals surface area contributed by atoms with Crippen LogP contribution in [0.2, 0.25) is 0 Å². The molecule has 0 aliphatic carbocycles. The quantitative estimate of drug-likeness (QED) is 0.332. The van der Waals surface area contributed by atoms with Crippen LogP contribution in [0.1, 0.15) is 6.92 Å². The highest BCUT2D eigenvalue weighted by Crippen LogP contribution is 2.16. The molecule has 1 amide bonds. The van der Waals surface area contributed by atoms with Crippen molar-refractivity contribution < 1.29 is 13.2 Å². The lowest BCUT2D eigenvalue weighted by molar-refractivity contribution is -0.120. The number of amides is 1. The van der Waals surface area contributed by atoms with E-state index in [4.69, 9.17) is 0 Å². The Morgan fingerprint density at radius 1 is 1.23 bits per heavy atom. The molecule has 1 fully saturated rings. The molecule has 0 radical (unpaired) electrons. The number of nitrogens with zero attached hydrogens (tertiary/aromatic N) is 5. The minimum atomic E-state index is -3.39. The van der Waals surface area contributed by atoms with Crippen molar-refractivity contribution in [2.75, 3.05) is 43.4 Å². The predicted octanol–water partition coefficient (Wildman–Crippen LogP) is 1.13.